The first-order valence-electron chi connectivity index (χ1n) is 7.73. The van der Waals surface area contributed by atoms with Gasteiger partial charge in [-0.15, -0.1) is 6.58 Å². The van der Waals surface area contributed by atoms with E-state index in [4.69, 9.17) is 5.11 Å². The van der Waals surface area contributed by atoms with E-state index in [9.17, 15) is 28.5 Å². The number of amides is 1. The monoisotopic (exact) mass is 412 g/mol. The number of anilines is 2. The second-order valence-electron chi connectivity index (χ2n) is 5.17. The van der Waals surface area contributed by atoms with E-state index in [1.54, 1.807) is 6.08 Å². The maximum absolute atomic E-state index is 12.0. The Bertz CT molecular complexity index is 912. The van der Waals surface area contributed by atoms with E-state index >= 15 is 0 Å². The lowest BCUT2D eigenvalue weighted by molar-refractivity contribution is 0.102. The normalized spacial score (nSPS) is 9.71. The summed E-state index contributed by atoms with van der Waals surface area (Å²) in [6, 6.07) is 7.42. The molecule has 0 aliphatic carbocycles. The third-order valence-electron chi connectivity index (χ3n) is 2.79. The third kappa shape index (κ3) is 8.43. The summed E-state index contributed by atoms with van der Waals surface area (Å²) >= 11 is 0. The predicted octanol–water partition coefficient (Wildman–Crippen LogP) is 2.23. The molecule has 0 heterocycles. The van der Waals surface area contributed by atoms with Crippen molar-refractivity contribution in [1.82, 2.24) is 0 Å². The van der Waals surface area contributed by atoms with Crippen LogP contribution in [0.2, 0.25) is 0 Å². The highest BCUT2D eigenvalue weighted by Crippen LogP contribution is 2.28. The van der Waals surface area contributed by atoms with Crippen LogP contribution in [0.1, 0.15) is 17.3 Å². The zero-order chi connectivity index (χ0) is 21.9. The van der Waals surface area contributed by atoms with Gasteiger partial charge in [-0.25, -0.2) is 8.42 Å². The van der Waals surface area contributed by atoms with Gasteiger partial charge >= 0.3 is 0 Å². The van der Waals surface area contributed by atoms with Crippen LogP contribution in [0.4, 0.5) is 11.4 Å². The van der Waals surface area contributed by atoms with E-state index in [2.05, 4.69) is 16.6 Å². The Hall–Kier alpha value is -3.24. The van der Waals surface area contributed by atoms with Crippen LogP contribution in [0, 0.1) is 0 Å². The summed E-state index contributed by atoms with van der Waals surface area (Å²) in [5.74, 6) is -1.73. The van der Waals surface area contributed by atoms with Crippen LogP contribution in [-0.4, -0.2) is 48.1 Å². The molecule has 0 saturated heterocycles. The number of carbonyl (C=O) groups is 1. The maximum Gasteiger partial charge on any atom is 0.255 e. The van der Waals surface area contributed by atoms with Gasteiger partial charge in [0, 0.05) is 24.4 Å². The molecule has 9 nitrogen and oxygen atoms in total. The molecule has 0 bridgehead atoms. The van der Waals surface area contributed by atoms with Crippen LogP contribution in [0.3, 0.4) is 0 Å². The number of hydrogen-bond acceptors (Lipinski definition) is 7. The molecule has 6 N–H and O–H groups in total. The molecule has 2 aromatic rings. The molecule has 0 aliphatic rings. The predicted molar refractivity (Wildman–Crippen MR) is 108 cm³/mol. The Kier molecular flexibility index (Phi) is 10.1. The molecular formula is C18H24N2O7S. The summed E-state index contributed by atoms with van der Waals surface area (Å²) in [5, 5.41) is 37.8. The van der Waals surface area contributed by atoms with Gasteiger partial charge < -0.3 is 25.7 Å². The van der Waals surface area contributed by atoms with Gasteiger partial charge in [0.05, 0.1) is 11.9 Å². The Labute approximate surface area is 163 Å². The summed E-state index contributed by atoms with van der Waals surface area (Å²) in [5.41, 5.74) is 0.296. The van der Waals surface area contributed by atoms with E-state index in [0.29, 0.717) is 0 Å². The van der Waals surface area contributed by atoms with Crippen LogP contribution in [-0.2, 0) is 10.0 Å². The highest BCUT2D eigenvalue weighted by Gasteiger charge is 2.12. The van der Waals surface area contributed by atoms with Crippen molar-refractivity contribution in [2.24, 2.45) is 0 Å². The zero-order valence-electron chi connectivity index (χ0n) is 15.7. The number of allylic oxidation sites excluding steroid dienone is 1. The van der Waals surface area contributed by atoms with Gasteiger partial charge in [0.15, 0.2) is 11.5 Å². The first kappa shape index (κ1) is 24.8. The number of benzene rings is 2. The molecule has 0 atom stereocenters. The number of aliphatic hydroxyl groups excluding tert-OH is 1. The van der Waals surface area contributed by atoms with Crippen LogP contribution < -0.4 is 10.0 Å². The minimum absolute atomic E-state index is 0.0206. The number of nitrogens with one attached hydrogen (secondary N) is 2. The number of aliphatic hydroxyl groups is 1. The van der Waals surface area contributed by atoms with Crippen molar-refractivity contribution in [3.05, 3.63) is 54.6 Å². The van der Waals surface area contributed by atoms with Crippen molar-refractivity contribution in [1.29, 1.82) is 0 Å². The lowest BCUT2D eigenvalue weighted by Gasteiger charge is -2.10. The molecule has 0 radical (unpaired) electrons. The van der Waals surface area contributed by atoms with Gasteiger partial charge in [-0.1, -0.05) is 6.08 Å². The van der Waals surface area contributed by atoms with Crippen molar-refractivity contribution in [3.8, 4) is 17.2 Å². The molecule has 0 fully saturated rings. The van der Waals surface area contributed by atoms with E-state index in [1.807, 2.05) is 6.92 Å². The van der Waals surface area contributed by atoms with Crippen molar-refractivity contribution in [2.75, 3.05) is 23.4 Å². The molecule has 28 heavy (non-hydrogen) atoms. The Morgan fingerprint density at radius 2 is 1.57 bits per heavy atom. The summed E-state index contributed by atoms with van der Waals surface area (Å²) in [7, 11) is -2.54. The summed E-state index contributed by atoms with van der Waals surface area (Å²) in [6.45, 7) is 5.25. The van der Waals surface area contributed by atoms with Gasteiger partial charge in [-0.3, -0.25) is 9.52 Å². The van der Waals surface area contributed by atoms with E-state index in [1.165, 1.54) is 30.3 Å². The number of phenolic OH excluding ortho intramolecular Hbond substituents is 3. The number of rotatable bonds is 4. The van der Waals surface area contributed by atoms with Crippen molar-refractivity contribution < 1.29 is 33.6 Å². The molecule has 0 spiro atoms. The molecule has 0 aliphatic heterocycles. The number of carbonyl (C=O) groups excluding carboxylic acids is 1. The Morgan fingerprint density at radius 3 is 2.04 bits per heavy atom. The molecule has 2 rings (SSSR count). The standard InChI is InChI=1S/C14H14N2O6S.C3H6.CH4O/c1-23(21,22)16-10-4-3-9(7-12(10)18)15-14(20)8-2-5-11(17)13(19)6-8;1-3-2;1-2/h2-7,16-19H,1H3,(H,15,20);3H,1H2,2H3;2H,1H3. The van der Waals surface area contributed by atoms with E-state index < -0.39 is 21.7 Å². The van der Waals surface area contributed by atoms with Gasteiger partial charge in [0.25, 0.3) is 5.91 Å². The van der Waals surface area contributed by atoms with Gasteiger partial charge in [0.1, 0.15) is 5.75 Å². The molecule has 1 amide bonds. The fourth-order valence-corrected chi connectivity index (χ4v) is 2.34. The first-order chi connectivity index (χ1) is 13.1. The zero-order valence-corrected chi connectivity index (χ0v) is 16.5. The minimum Gasteiger partial charge on any atom is -0.506 e. The maximum atomic E-state index is 12.0. The lowest BCUT2D eigenvalue weighted by Crippen LogP contribution is -2.12. The second kappa shape index (κ2) is 11.5. The molecule has 0 aromatic heterocycles. The fraction of sp³-hybridized carbons (Fsp3) is 0.167. The number of sulfonamides is 1. The quantitative estimate of drug-likeness (QED) is 0.332. The molecule has 0 saturated carbocycles. The smallest absolute Gasteiger partial charge is 0.255 e. The van der Waals surface area contributed by atoms with Crippen LogP contribution in [0.15, 0.2) is 49.1 Å². The fourth-order valence-electron chi connectivity index (χ4n) is 1.76. The largest absolute Gasteiger partial charge is 0.506 e. The van der Waals surface area contributed by atoms with Gasteiger partial charge in [0.2, 0.25) is 10.0 Å². The van der Waals surface area contributed by atoms with Crippen LogP contribution in [0.5, 0.6) is 17.2 Å². The SMILES string of the molecule is C=CC.CO.CS(=O)(=O)Nc1ccc(NC(=O)c2ccc(O)c(O)c2)cc1O. The number of hydrogen-bond donors (Lipinski definition) is 6. The van der Waals surface area contributed by atoms with Crippen molar-refractivity contribution in [3.63, 3.8) is 0 Å². The van der Waals surface area contributed by atoms with Crippen LogP contribution >= 0.6 is 0 Å². The molecule has 154 valence electrons. The lowest BCUT2D eigenvalue weighted by atomic mass is 10.2. The first-order valence-corrected chi connectivity index (χ1v) is 9.62. The Balaban J connectivity index is 0.00000133. The summed E-state index contributed by atoms with van der Waals surface area (Å²) in [6.07, 6.45) is 2.69. The third-order valence-corrected chi connectivity index (χ3v) is 3.38. The molecule has 0 unspecified atom stereocenters. The molecule has 2 aromatic carbocycles. The second-order valence-corrected chi connectivity index (χ2v) is 6.92. The number of phenols is 3. The highest BCUT2D eigenvalue weighted by molar-refractivity contribution is 7.92. The highest BCUT2D eigenvalue weighted by atomic mass is 32.2. The van der Waals surface area contributed by atoms with E-state index in [0.717, 1.165) is 19.4 Å². The average molecular weight is 412 g/mol. The van der Waals surface area contributed by atoms with Crippen LogP contribution in [0.25, 0.3) is 0 Å². The number of aromatic hydroxyl groups is 3. The van der Waals surface area contributed by atoms with Gasteiger partial charge in [-0.2, -0.15) is 0 Å². The Morgan fingerprint density at radius 1 is 1.00 bits per heavy atom. The van der Waals surface area contributed by atoms with Crippen molar-refractivity contribution in [2.45, 2.75) is 6.92 Å². The summed E-state index contributed by atoms with van der Waals surface area (Å²) in [4.78, 5) is 12.0. The average Bonchev–Trinajstić information content (AvgIpc) is 2.61. The molecule has 10 heteroatoms. The topological polar surface area (TPSA) is 156 Å². The minimum atomic E-state index is -3.54. The summed E-state index contributed by atoms with van der Waals surface area (Å²) < 4.78 is 24.4. The van der Waals surface area contributed by atoms with E-state index in [-0.39, 0.29) is 28.4 Å². The molecular weight excluding hydrogens is 388 g/mol. The van der Waals surface area contributed by atoms with Gasteiger partial charge in [-0.05, 0) is 37.3 Å². The van der Waals surface area contributed by atoms with Crippen molar-refractivity contribution >= 4 is 27.3 Å².